The first-order valence-corrected chi connectivity index (χ1v) is 11.1. The van der Waals surface area contributed by atoms with E-state index in [1.807, 2.05) is 0 Å². The summed E-state index contributed by atoms with van der Waals surface area (Å²) in [5.74, 6) is -2.02. The Bertz CT molecular complexity index is 1150. The summed E-state index contributed by atoms with van der Waals surface area (Å²) in [5.41, 5.74) is -0.267. The first kappa shape index (κ1) is 21.2. The van der Waals surface area contributed by atoms with Gasteiger partial charge in [-0.3, -0.25) is 10.1 Å². The van der Waals surface area contributed by atoms with Gasteiger partial charge in [0, 0.05) is 38.3 Å². The Morgan fingerprint density at radius 3 is 1.86 bits per heavy atom. The Balaban J connectivity index is 1.77. The zero-order chi connectivity index (χ0) is 21.4. The summed E-state index contributed by atoms with van der Waals surface area (Å²) < 4.78 is 79.6. The van der Waals surface area contributed by atoms with Crippen molar-refractivity contribution in [2.45, 2.75) is 9.79 Å². The molecule has 9 nitrogen and oxygen atoms in total. The minimum Gasteiger partial charge on any atom is -0.258 e. The van der Waals surface area contributed by atoms with E-state index in [1.165, 1.54) is 0 Å². The predicted molar refractivity (Wildman–Crippen MR) is 97.0 cm³/mol. The molecule has 0 N–H and O–H groups in total. The maximum absolute atomic E-state index is 13.9. The fraction of sp³-hybridized carbons (Fsp3) is 0.250. The SMILES string of the molecule is O=[N+]([O-])c1ccc(S(=O)(=O)N2CCN(S(=O)(=O)c3cc(F)ccc3F)CC2)cc1. The van der Waals surface area contributed by atoms with E-state index in [2.05, 4.69) is 0 Å². The number of non-ortho nitro benzene ring substituents is 1. The van der Waals surface area contributed by atoms with Crippen molar-refractivity contribution in [3.63, 3.8) is 0 Å². The van der Waals surface area contributed by atoms with Crippen LogP contribution in [-0.4, -0.2) is 56.5 Å². The molecule has 2 aromatic carbocycles. The fourth-order valence-electron chi connectivity index (χ4n) is 2.85. The topological polar surface area (TPSA) is 118 Å². The molecule has 1 heterocycles. The number of benzene rings is 2. The van der Waals surface area contributed by atoms with E-state index in [0.717, 1.165) is 38.9 Å². The third-order valence-corrected chi connectivity index (χ3v) is 8.22. The Kier molecular flexibility index (Phi) is 5.67. The zero-order valence-electron chi connectivity index (χ0n) is 14.7. The number of rotatable bonds is 5. The predicted octanol–water partition coefficient (Wildman–Crippen LogP) is 1.57. The molecule has 2 aromatic rings. The minimum atomic E-state index is -4.34. The van der Waals surface area contributed by atoms with Crippen molar-refractivity contribution in [2.24, 2.45) is 0 Å². The molecule has 1 fully saturated rings. The van der Waals surface area contributed by atoms with Gasteiger partial charge in [0.2, 0.25) is 20.0 Å². The Morgan fingerprint density at radius 1 is 0.828 bits per heavy atom. The van der Waals surface area contributed by atoms with Crippen molar-refractivity contribution in [1.29, 1.82) is 0 Å². The number of hydrogen-bond donors (Lipinski definition) is 0. The van der Waals surface area contributed by atoms with E-state index >= 15 is 0 Å². The van der Waals surface area contributed by atoms with E-state index in [1.54, 1.807) is 0 Å². The van der Waals surface area contributed by atoms with E-state index in [4.69, 9.17) is 0 Å². The highest BCUT2D eigenvalue weighted by Crippen LogP contribution is 2.24. The van der Waals surface area contributed by atoms with Gasteiger partial charge in [0.05, 0.1) is 9.82 Å². The summed E-state index contributed by atoms with van der Waals surface area (Å²) in [6.45, 7) is -0.944. The molecular formula is C16H15F2N3O6S2. The molecule has 1 saturated heterocycles. The summed E-state index contributed by atoms with van der Waals surface area (Å²) in [4.78, 5) is 9.04. The molecule has 0 bridgehead atoms. The molecule has 0 amide bonds. The minimum absolute atomic E-state index is 0.171. The van der Waals surface area contributed by atoms with E-state index < -0.39 is 41.5 Å². The first-order valence-electron chi connectivity index (χ1n) is 8.23. The number of halogens is 2. The van der Waals surface area contributed by atoms with Crippen LogP contribution in [0.15, 0.2) is 52.3 Å². The van der Waals surface area contributed by atoms with Crippen LogP contribution in [0.4, 0.5) is 14.5 Å². The van der Waals surface area contributed by atoms with Gasteiger partial charge in [-0.05, 0) is 30.3 Å². The number of nitrogens with zero attached hydrogens (tertiary/aromatic N) is 3. The van der Waals surface area contributed by atoms with Gasteiger partial charge in [-0.25, -0.2) is 25.6 Å². The second-order valence-corrected chi connectivity index (χ2v) is 9.98. The fourth-order valence-corrected chi connectivity index (χ4v) is 5.77. The smallest absolute Gasteiger partial charge is 0.258 e. The van der Waals surface area contributed by atoms with Crippen LogP contribution >= 0.6 is 0 Å². The van der Waals surface area contributed by atoms with E-state index in [9.17, 15) is 35.7 Å². The first-order chi connectivity index (χ1) is 13.5. The lowest BCUT2D eigenvalue weighted by Gasteiger charge is -2.33. The zero-order valence-corrected chi connectivity index (χ0v) is 16.4. The van der Waals surface area contributed by atoms with Crippen molar-refractivity contribution >= 4 is 25.7 Å². The highest BCUT2D eigenvalue weighted by atomic mass is 32.2. The van der Waals surface area contributed by atoms with Crippen molar-refractivity contribution < 1.29 is 30.5 Å². The number of nitro benzene ring substituents is 1. The van der Waals surface area contributed by atoms with Gasteiger partial charge in [0.25, 0.3) is 5.69 Å². The molecule has 1 aliphatic heterocycles. The average Bonchev–Trinajstić information content (AvgIpc) is 2.70. The lowest BCUT2D eigenvalue weighted by Crippen LogP contribution is -2.50. The molecule has 1 aliphatic rings. The summed E-state index contributed by atoms with van der Waals surface area (Å²) in [7, 11) is -8.34. The molecule has 0 aromatic heterocycles. The molecule has 0 saturated carbocycles. The van der Waals surface area contributed by atoms with Crippen LogP contribution in [0.5, 0.6) is 0 Å². The molecule has 0 radical (unpaired) electrons. The second kappa shape index (κ2) is 7.74. The van der Waals surface area contributed by atoms with Crippen molar-refractivity contribution in [2.75, 3.05) is 26.2 Å². The second-order valence-electron chi connectivity index (χ2n) is 6.13. The van der Waals surface area contributed by atoms with Crippen molar-refractivity contribution in [3.8, 4) is 0 Å². The highest BCUT2D eigenvalue weighted by molar-refractivity contribution is 7.89. The molecule has 0 spiro atoms. The van der Waals surface area contributed by atoms with Gasteiger partial charge in [-0.2, -0.15) is 8.61 Å². The maximum Gasteiger partial charge on any atom is 0.269 e. The molecule has 13 heteroatoms. The third-order valence-electron chi connectivity index (χ3n) is 4.39. The monoisotopic (exact) mass is 447 g/mol. The maximum atomic E-state index is 13.9. The molecule has 0 atom stereocenters. The summed E-state index contributed by atoms with van der Waals surface area (Å²) in [6.07, 6.45) is 0. The van der Waals surface area contributed by atoms with Crippen LogP contribution in [0.1, 0.15) is 0 Å². The summed E-state index contributed by atoms with van der Waals surface area (Å²) in [5, 5.41) is 10.7. The third kappa shape index (κ3) is 4.12. The quantitative estimate of drug-likeness (QED) is 0.507. The van der Waals surface area contributed by atoms with E-state index in [-0.39, 0.29) is 36.8 Å². The Morgan fingerprint density at radius 2 is 1.34 bits per heavy atom. The van der Waals surface area contributed by atoms with Crippen LogP contribution in [-0.2, 0) is 20.0 Å². The van der Waals surface area contributed by atoms with Gasteiger partial charge < -0.3 is 0 Å². The Hall–Kier alpha value is -2.48. The standard InChI is InChI=1S/C16H15F2N3O6S2/c17-12-1-6-15(18)16(11-12)29(26,27)20-9-7-19(8-10-20)28(24,25)14-4-2-13(3-5-14)21(22)23/h1-6,11H,7-10H2. The van der Waals surface area contributed by atoms with Gasteiger partial charge >= 0.3 is 0 Å². The van der Waals surface area contributed by atoms with Crippen LogP contribution in [0.2, 0.25) is 0 Å². The largest absolute Gasteiger partial charge is 0.269 e. The number of hydrogen-bond acceptors (Lipinski definition) is 6. The number of piperazine rings is 1. The molecule has 156 valence electrons. The number of sulfonamides is 2. The van der Waals surface area contributed by atoms with Crippen LogP contribution in [0.3, 0.4) is 0 Å². The molecule has 3 rings (SSSR count). The lowest BCUT2D eigenvalue weighted by molar-refractivity contribution is -0.384. The summed E-state index contributed by atoms with van der Waals surface area (Å²) in [6, 6.07) is 6.38. The molecule has 29 heavy (non-hydrogen) atoms. The van der Waals surface area contributed by atoms with Gasteiger partial charge in [-0.15, -0.1) is 0 Å². The van der Waals surface area contributed by atoms with Crippen LogP contribution in [0, 0.1) is 21.7 Å². The molecular weight excluding hydrogens is 432 g/mol. The van der Waals surface area contributed by atoms with E-state index in [0.29, 0.717) is 12.1 Å². The van der Waals surface area contributed by atoms with Gasteiger partial charge in [0.1, 0.15) is 16.5 Å². The lowest BCUT2D eigenvalue weighted by atomic mass is 10.3. The van der Waals surface area contributed by atoms with Crippen LogP contribution in [0.25, 0.3) is 0 Å². The highest BCUT2D eigenvalue weighted by Gasteiger charge is 2.35. The normalized spacial score (nSPS) is 16.6. The average molecular weight is 447 g/mol. The molecule has 0 unspecified atom stereocenters. The van der Waals surface area contributed by atoms with Gasteiger partial charge in [0.15, 0.2) is 0 Å². The Labute approximate surface area is 165 Å². The van der Waals surface area contributed by atoms with Gasteiger partial charge in [-0.1, -0.05) is 0 Å². The molecule has 0 aliphatic carbocycles. The van der Waals surface area contributed by atoms with Crippen molar-refractivity contribution in [3.05, 3.63) is 64.2 Å². The number of nitro groups is 1. The van der Waals surface area contributed by atoms with Crippen molar-refractivity contribution in [1.82, 2.24) is 8.61 Å². The summed E-state index contributed by atoms with van der Waals surface area (Å²) >= 11 is 0. The van der Waals surface area contributed by atoms with Crippen LogP contribution < -0.4 is 0 Å².